The number of anilines is 1. The summed E-state index contributed by atoms with van der Waals surface area (Å²) in [6, 6.07) is 9.79. The number of aromatic carboxylic acids is 1. The quantitative estimate of drug-likeness (QED) is 0.643. The van der Waals surface area contributed by atoms with Crippen LogP contribution in [0.1, 0.15) is 20.0 Å². The Morgan fingerprint density at radius 3 is 2.35 bits per heavy atom. The summed E-state index contributed by atoms with van der Waals surface area (Å²) in [5.74, 6) is -6.46. The van der Waals surface area contributed by atoms with Crippen LogP contribution in [0.5, 0.6) is 0 Å². The van der Waals surface area contributed by atoms with E-state index in [9.17, 15) is 22.8 Å². The lowest BCUT2D eigenvalue weighted by atomic mass is 10.0. The number of hydrogen-bond acceptors (Lipinski definition) is 3. The highest BCUT2D eigenvalue weighted by molar-refractivity contribution is 7.12. The smallest absolute Gasteiger partial charge is 0.346 e. The lowest BCUT2D eigenvalue weighted by molar-refractivity contribution is 0.0698. The van der Waals surface area contributed by atoms with Crippen molar-refractivity contribution >= 4 is 28.9 Å². The van der Waals surface area contributed by atoms with Gasteiger partial charge in [0, 0.05) is 5.56 Å². The maximum Gasteiger partial charge on any atom is 0.346 e. The van der Waals surface area contributed by atoms with Crippen LogP contribution in [0.25, 0.3) is 11.1 Å². The monoisotopic (exact) mass is 377 g/mol. The van der Waals surface area contributed by atoms with E-state index in [1.807, 2.05) is 5.32 Å². The Balaban J connectivity index is 1.99. The van der Waals surface area contributed by atoms with Crippen LogP contribution in [0, 0.1) is 17.5 Å². The Morgan fingerprint density at radius 2 is 1.69 bits per heavy atom. The van der Waals surface area contributed by atoms with Gasteiger partial charge in [-0.1, -0.05) is 30.3 Å². The molecular weight excluding hydrogens is 367 g/mol. The van der Waals surface area contributed by atoms with Crippen LogP contribution in [0.15, 0.2) is 47.8 Å². The number of halogens is 3. The minimum Gasteiger partial charge on any atom is -0.477 e. The third kappa shape index (κ3) is 3.18. The van der Waals surface area contributed by atoms with Gasteiger partial charge >= 0.3 is 5.97 Å². The number of benzene rings is 2. The summed E-state index contributed by atoms with van der Waals surface area (Å²) >= 11 is 0.786. The molecule has 26 heavy (non-hydrogen) atoms. The first-order valence-electron chi connectivity index (χ1n) is 7.25. The molecule has 0 saturated heterocycles. The number of carboxylic acids is 1. The van der Waals surface area contributed by atoms with Gasteiger partial charge in [-0.3, -0.25) is 4.79 Å². The van der Waals surface area contributed by atoms with Gasteiger partial charge in [-0.25, -0.2) is 18.0 Å². The molecule has 0 fully saturated rings. The molecule has 0 radical (unpaired) electrons. The van der Waals surface area contributed by atoms with Crippen LogP contribution < -0.4 is 5.32 Å². The van der Waals surface area contributed by atoms with Gasteiger partial charge in [0.2, 0.25) is 0 Å². The van der Waals surface area contributed by atoms with E-state index in [4.69, 9.17) is 5.11 Å². The normalized spacial score (nSPS) is 10.6. The molecule has 1 aromatic heterocycles. The zero-order valence-electron chi connectivity index (χ0n) is 12.9. The highest BCUT2D eigenvalue weighted by atomic mass is 32.1. The molecule has 2 N–H and O–H groups in total. The van der Waals surface area contributed by atoms with Crippen LogP contribution in [0.2, 0.25) is 0 Å². The Morgan fingerprint density at radius 1 is 1.00 bits per heavy atom. The molecule has 0 aliphatic carbocycles. The third-order valence-corrected chi connectivity index (χ3v) is 4.49. The van der Waals surface area contributed by atoms with E-state index in [0.717, 1.165) is 17.4 Å². The van der Waals surface area contributed by atoms with E-state index < -0.39 is 35.0 Å². The second-order valence-corrected chi connectivity index (χ2v) is 6.11. The number of carboxylic acid groups (broad SMARTS) is 1. The molecule has 0 unspecified atom stereocenters. The third-order valence-electron chi connectivity index (χ3n) is 3.59. The van der Waals surface area contributed by atoms with Crippen LogP contribution in [0.3, 0.4) is 0 Å². The Labute approximate surface area is 149 Å². The highest BCUT2D eigenvalue weighted by Crippen LogP contribution is 2.31. The SMILES string of the molecule is O=C(Nc1c(F)cc(-c2ccccc2)c(F)c1F)c1ccsc1C(=O)O. The second kappa shape index (κ2) is 7.01. The fraction of sp³-hybridized carbons (Fsp3) is 0. The molecule has 132 valence electrons. The number of amides is 1. The van der Waals surface area contributed by atoms with E-state index in [-0.39, 0.29) is 21.6 Å². The molecule has 3 aromatic rings. The van der Waals surface area contributed by atoms with Gasteiger partial charge in [-0.05, 0) is 23.1 Å². The standard InChI is InChI=1S/C18H10F3NO3S/c19-12-8-11(9-4-2-1-3-5-9)13(20)14(21)15(12)22-17(23)10-6-7-26-16(10)18(24)25/h1-8H,(H,22,23)(H,24,25). The van der Waals surface area contributed by atoms with Gasteiger partial charge < -0.3 is 10.4 Å². The number of carbonyl (C=O) groups is 2. The summed E-state index contributed by atoms with van der Waals surface area (Å²) in [5, 5.41) is 12.3. The maximum absolute atomic E-state index is 14.3. The van der Waals surface area contributed by atoms with Gasteiger partial charge in [0.1, 0.15) is 10.6 Å². The molecule has 2 aromatic carbocycles. The van der Waals surface area contributed by atoms with Crippen molar-refractivity contribution in [1.29, 1.82) is 0 Å². The van der Waals surface area contributed by atoms with Gasteiger partial charge in [0.25, 0.3) is 5.91 Å². The van der Waals surface area contributed by atoms with Crippen molar-refractivity contribution in [3.05, 3.63) is 75.7 Å². The van der Waals surface area contributed by atoms with Crippen molar-refractivity contribution in [2.75, 3.05) is 5.32 Å². The second-order valence-electron chi connectivity index (χ2n) is 5.20. The van der Waals surface area contributed by atoms with E-state index in [1.54, 1.807) is 18.2 Å². The molecular formula is C18H10F3NO3S. The average Bonchev–Trinajstić information content (AvgIpc) is 3.12. The van der Waals surface area contributed by atoms with E-state index in [0.29, 0.717) is 0 Å². The van der Waals surface area contributed by atoms with E-state index in [2.05, 4.69) is 0 Å². The van der Waals surface area contributed by atoms with Crippen LogP contribution in [-0.4, -0.2) is 17.0 Å². The summed E-state index contributed by atoms with van der Waals surface area (Å²) in [7, 11) is 0. The fourth-order valence-corrected chi connectivity index (χ4v) is 3.10. The summed E-state index contributed by atoms with van der Waals surface area (Å²) in [6.07, 6.45) is 0. The lowest BCUT2D eigenvalue weighted by Crippen LogP contribution is -2.17. The largest absolute Gasteiger partial charge is 0.477 e. The van der Waals surface area contributed by atoms with Crippen LogP contribution in [0.4, 0.5) is 18.9 Å². The molecule has 8 heteroatoms. The molecule has 0 atom stereocenters. The molecule has 3 rings (SSSR count). The van der Waals surface area contributed by atoms with Gasteiger partial charge in [-0.15, -0.1) is 11.3 Å². The van der Waals surface area contributed by atoms with Gasteiger partial charge in [0.15, 0.2) is 17.5 Å². The number of rotatable bonds is 4. The predicted octanol–water partition coefficient (Wildman–Crippen LogP) is 4.78. The Kier molecular flexibility index (Phi) is 4.77. The average molecular weight is 377 g/mol. The summed E-state index contributed by atoms with van der Waals surface area (Å²) in [4.78, 5) is 22.9. The van der Waals surface area contributed by atoms with Crippen molar-refractivity contribution in [2.45, 2.75) is 0 Å². The van der Waals surface area contributed by atoms with E-state index >= 15 is 0 Å². The maximum atomic E-state index is 14.3. The molecule has 1 heterocycles. The molecule has 0 spiro atoms. The first-order valence-corrected chi connectivity index (χ1v) is 8.13. The zero-order valence-corrected chi connectivity index (χ0v) is 13.7. The van der Waals surface area contributed by atoms with Gasteiger partial charge in [0.05, 0.1) is 5.56 Å². The molecule has 0 aliphatic heterocycles. The topological polar surface area (TPSA) is 66.4 Å². The van der Waals surface area contributed by atoms with Crippen LogP contribution in [-0.2, 0) is 0 Å². The molecule has 4 nitrogen and oxygen atoms in total. The summed E-state index contributed by atoms with van der Waals surface area (Å²) < 4.78 is 43.0. The summed E-state index contributed by atoms with van der Waals surface area (Å²) in [5.41, 5.74) is -1.27. The first kappa shape index (κ1) is 17.7. The number of nitrogens with one attached hydrogen (secondary N) is 1. The molecule has 0 saturated carbocycles. The van der Waals surface area contributed by atoms with Crippen molar-refractivity contribution < 1.29 is 27.9 Å². The predicted molar refractivity (Wildman–Crippen MR) is 91.0 cm³/mol. The lowest BCUT2D eigenvalue weighted by Gasteiger charge is -2.11. The Hall–Kier alpha value is -3.13. The number of carbonyl (C=O) groups excluding carboxylic acids is 1. The number of thiophene rings is 1. The van der Waals surface area contributed by atoms with Crippen molar-refractivity contribution in [1.82, 2.24) is 0 Å². The zero-order chi connectivity index (χ0) is 18.8. The van der Waals surface area contributed by atoms with Crippen LogP contribution >= 0.6 is 11.3 Å². The minimum absolute atomic E-state index is 0.270. The minimum atomic E-state index is -1.57. The van der Waals surface area contributed by atoms with Crippen molar-refractivity contribution in [3.8, 4) is 11.1 Å². The van der Waals surface area contributed by atoms with Crippen molar-refractivity contribution in [3.63, 3.8) is 0 Å². The van der Waals surface area contributed by atoms with Crippen molar-refractivity contribution in [2.24, 2.45) is 0 Å². The molecule has 1 amide bonds. The Bertz CT molecular complexity index is 1000. The molecule has 0 aliphatic rings. The highest BCUT2D eigenvalue weighted by Gasteiger charge is 2.24. The number of hydrogen-bond donors (Lipinski definition) is 2. The fourth-order valence-electron chi connectivity index (χ4n) is 2.37. The first-order chi connectivity index (χ1) is 12.4. The van der Waals surface area contributed by atoms with E-state index in [1.165, 1.54) is 23.6 Å². The molecule has 0 bridgehead atoms. The van der Waals surface area contributed by atoms with Gasteiger partial charge in [-0.2, -0.15) is 0 Å². The summed E-state index contributed by atoms with van der Waals surface area (Å²) in [6.45, 7) is 0.